The number of rotatable bonds is 5. The Morgan fingerprint density at radius 1 is 0.778 bits per heavy atom. The van der Waals surface area contributed by atoms with E-state index in [0.29, 0.717) is 22.4 Å². The van der Waals surface area contributed by atoms with Crippen LogP contribution in [0, 0.1) is 5.41 Å². The van der Waals surface area contributed by atoms with E-state index < -0.39 is 5.97 Å². The Labute approximate surface area is 156 Å². The first-order valence-electron chi connectivity index (χ1n) is 8.16. The number of para-hydroxylation sites is 2. The van der Waals surface area contributed by atoms with E-state index in [1.54, 1.807) is 60.7 Å². The molecule has 6 heteroatoms. The number of amidine groups is 1. The zero-order valence-electron chi connectivity index (χ0n) is 14.3. The minimum atomic E-state index is -0.577. The van der Waals surface area contributed by atoms with Crippen molar-refractivity contribution in [2.75, 3.05) is 5.32 Å². The quantitative estimate of drug-likeness (QED) is 0.281. The number of anilines is 1. The fourth-order valence-corrected chi connectivity index (χ4v) is 2.39. The molecule has 0 aliphatic carbocycles. The van der Waals surface area contributed by atoms with Crippen molar-refractivity contribution >= 4 is 23.4 Å². The predicted molar refractivity (Wildman–Crippen MR) is 103 cm³/mol. The summed E-state index contributed by atoms with van der Waals surface area (Å²) in [6.45, 7) is 0. The van der Waals surface area contributed by atoms with Crippen molar-refractivity contribution in [1.29, 1.82) is 5.41 Å². The van der Waals surface area contributed by atoms with Gasteiger partial charge in [-0.1, -0.05) is 42.5 Å². The van der Waals surface area contributed by atoms with Crippen LogP contribution in [0.2, 0.25) is 0 Å². The van der Waals surface area contributed by atoms with Gasteiger partial charge in [0.15, 0.2) is 5.75 Å². The SMILES string of the molecule is N=C(N)c1ccc(C(=O)Oc2ccccc2NC(=O)c2ccccc2)cc1. The van der Waals surface area contributed by atoms with Crippen LogP contribution in [-0.2, 0) is 0 Å². The Bertz CT molecular complexity index is 983. The van der Waals surface area contributed by atoms with E-state index in [4.69, 9.17) is 15.9 Å². The molecular weight excluding hydrogens is 342 g/mol. The minimum Gasteiger partial charge on any atom is -0.421 e. The molecule has 0 saturated heterocycles. The Kier molecular flexibility index (Phi) is 5.28. The molecule has 4 N–H and O–H groups in total. The third kappa shape index (κ3) is 4.38. The fourth-order valence-electron chi connectivity index (χ4n) is 2.39. The van der Waals surface area contributed by atoms with Gasteiger partial charge < -0.3 is 15.8 Å². The van der Waals surface area contributed by atoms with Crippen LogP contribution >= 0.6 is 0 Å². The molecule has 1 amide bonds. The van der Waals surface area contributed by atoms with E-state index in [9.17, 15) is 9.59 Å². The molecule has 3 aromatic carbocycles. The van der Waals surface area contributed by atoms with Crippen LogP contribution in [0.15, 0.2) is 78.9 Å². The Hall–Kier alpha value is -3.93. The number of hydrogen-bond acceptors (Lipinski definition) is 4. The van der Waals surface area contributed by atoms with Crippen LogP contribution in [0.1, 0.15) is 26.3 Å². The molecule has 0 bridgehead atoms. The normalized spacial score (nSPS) is 10.1. The standard InChI is InChI=1S/C21H17N3O3/c22-19(23)14-10-12-16(13-11-14)21(26)27-18-9-5-4-8-17(18)24-20(25)15-6-2-1-3-7-15/h1-13H,(H3,22,23)(H,24,25). The number of carbonyl (C=O) groups excluding carboxylic acids is 2. The van der Waals surface area contributed by atoms with Gasteiger partial charge in [0, 0.05) is 11.1 Å². The van der Waals surface area contributed by atoms with Crippen LogP contribution in [0.5, 0.6) is 5.75 Å². The van der Waals surface area contributed by atoms with E-state index in [1.165, 1.54) is 12.1 Å². The average molecular weight is 359 g/mol. The maximum absolute atomic E-state index is 12.4. The van der Waals surface area contributed by atoms with Crippen molar-refractivity contribution in [3.05, 3.63) is 95.6 Å². The molecule has 0 radical (unpaired) electrons. The first kappa shape index (κ1) is 17.9. The summed E-state index contributed by atoms with van der Waals surface area (Å²) in [6, 6.07) is 21.7. The van der Waals surface area contributed by atoms with E-state index in [2.05, 4.69) is 5.32 Å². The highest BCUT2D eigenvalue weighted by atomic mass is 16.5. The fraction of sp³-hybridized carbons (Fsp3) is 0. The van der Waals surface area contributed by atoms with Gasteiger partial charge in [0.2, 0.25) is 0 Å². The highest BCUT2D eigenvalue weighted by Crippen LogP contribution is 2.25. The lowest BCUT2D eigenvalue weighted by Crippen LogP contribution is -2.15. The lowest BCUT2D eigenvalue weighted by Gasteiger charge is -2.11. The second kappa shape index (κ2) is 7.97. The van der Waals surface area contributed by atoms with E-state index in [1.807, 2.05) is 6.07 Å². The second-order valence-corrected chi connectivity index (χ2v) is 5.70. The highest BCUT2D eigenvalue weighted by molar-refractivity contribution is 6.05. The van der Waals surface area contributed by atoms with Crippen molar-refractivity contribution < 1.29 is 14.3 Å². The molecule has 134 valence electrons. The maximum atomic E-state index is 12.4. The van der Waals surface area contributed by atoms with E-state index in [-0.39, 0.29) is 17.5 Å². The summed E-state index contributed by atoms with van der Waals surface area (Å²) in [5, 5.41) is 10.1. The van der Waals surface area contributed by atoms with Gasteiger partial charge in [0.1, 0.15) is 5.84 Å². The summed E-state index contributed by atoms with van der Waals surface area (Å²) in [4.78, 5) is 24.7. The molecule has 0 fully saturated rings. The van der Waals surface area contributed by atoms with Crippen LogP contribution in [0.25, 0.3) is 0 Å². The molecule has 0 aliphatic rings. The molecule has 27 heavy (non-hydrogen) atoms. The van der Waals surface area contributed by atoms with Gasteiger partial charge >= 0.3 is 5.97 Å². The molecule has 0 aromatic heterocycles. The van der Waals surface area contributed by atoms with Crippen LogP contribution in [0.4, 0.5) is 5.69 Å². The predicted octanol–water partition coefficient (Wildman–Crippen LogP) is 3.44. The Morgan fingerprint density at radius 2 is 1.37 bits per heavy atom. The van der Waals surface area contributed by atoms with Crippen molar-refractivity contribution in [3.63, 3.8) is 0 Å². The van der Waals surface area contributed by atoms with Gasteiger partial charge in [-0.15, -0.1) is 0 Å². The van der Waals surface area contributed by atoms with Gasteiger partial charge in [-0.05, 0) is 36.4 Å². The van der Waals surface area contributed by atoms with Crippen LogP contribution in [-0.4, -0.2) is 17.7 Å². The lowest BCUT2D eigenvalue weighted by atomic mass is 10.1. The minimum absolute atomic E-state index is 0.0797. The Balaban J connectivity index is 1.76. The summed E-state index contributed by atoms with van der Waals surface area (Å²) in [7, 11) is 0. The highest BCUT2D eigenvalue weighted by Gasteiger charge is 2.14. The van der Waals surface area contributed by atoms with Crippen molar-refractivity contribution in [2.45, 2.75) is 0 Å². The van der Waals surface area contributed by atoms with Crippen molar-refractivity contribution in [2.24, 2.45) is 5.73 Å². The topological polar surface area (TPSA) is 105 Å². The third-order valence-electron chi connectivity index (χ3n) is 3.81. The Morgan fingerprint density at radius 3 is 2.04 bits per heavy atom. The molecule has 0 unspecified atom stereocenters. The second-order valence-electron chi connectivity index (χ2n) is 5.70. The summed E-state index contributed by atoms with van der Waals surface area (Å²) < 4.78 is 5.43. The number of carbonyl (C=O) groups is 2. The van der Waals surface area contributed by atoms with Crippen molar-refractivity contribution in [3.8, 4) is 5.75 Å². The molecule has 0 saturated carbocycles. The van der Waals surface area contributed by atoms with Crippen LogP contribution < -0.4 is 15.8 Å². The number of nitrogen functional groups attached to an aromatic ring is 1. The summed E-state index contributed by atoms with van der Waals surface area (Å²) >= 11 is 0. The number of amides is 1. The molecule has 3 aromatic rings. The molecule has 0 spiro atoms. The monoisotopic (exact) mass is 359 g/mol. The first-order valence-corrected chi connectivity index (χ1v) is 8.16. The summed E-state index contributed by atoms with van der Waals surface area (Å²) in [5.41, 5.74) is 7.12. The molecule has 6 nitrogen and oxygen atoms in total. The largest absolute Gasteiger partial charge is 0.421 e. The van der Waals surface area contributed by atoms with Gasteiger partial charge in [-0.25, -0.2) is 4.79 Å². The van der Waals surface area contributed by atoms with E-state index in [0.717, 1.165) is 0 Å². The average Bonchev–Trinajstić information content (AvgIpc) is 2.70. The maximum Gasteiger partial charge on any atom is 0.343 e. The first-order chi connectivity index (χ1) is 13.0. The van der Waals surface area contributed by atoms with Gasteiger partial charge in [-0.2, -0.15) is 0 Å². The summed E-state index contributed by atoms with van der Waals surface area (Å²) in [5.74, 6) is -0.720. The molecule has 3 rings (SSSR count). The van der Waals surface area contributed by atoms with Crippen LogP contribution in [0.3, 0.4) is 0 Å². The number of esters is 1. The molecule has 0 heterocycles. The number of nitrogens with one attached hydrogen (secondary N) is 2. The molecular formula is C21H17N3O3. The number of hydrogen-bond donors (Lipinski definition) is 3. The number of ether oxygens (including phenoxy) is 1. The van der Waals surface area contributed by atoms with E-state index >= 15 is 0 Å². The molecule has 0 aliphatic heterocycles. The van der Waals surface area contributed by atoms with Gasteiger partial charge in [0.05, 0.1) is 11.3 Å². The smallest absolute Gasteiger partial charge is 0.343 e. The van der Waals surface area contributed by atoms with Gasteiger partial charge in [0.25, 0.3) is 5.91 Å². The van der Waals surface area contributed by atoms with Crippen molar-refractivity contribution in [1.82, 2.24) is 0 Å². The number of nitrogens with two attached hydrogens (primary N) is 1. The number of benzene rings is 3. The van der Waals surface area contributed by atoms with Gasteiger partial charge in [-0.3, -0.25) is 10.2 Å². The lowest BCUT2D eigenvalue weighted by molar-refractivity contribution is 0.0734. The molecule has 0 atom stereocenters. The third-order valence-corrected chi connectivity index (χ3v) is 3.81. The zero-order valence-corrected chi connectivity index (χ0v) is 14.3. The summed E-state index contributed by atoms with van der Waals surface area (Å²) in [6.07, 6.45) is 0. The zero-order chi connectivity index (χ0) is 19.2.